The minimum absolute atomic E-state index is 0.205. The number of aliphatic hydroxyl groups excluding tert-OH is 1. The highest BCUT2D eigenvalue weighted by Gasteiger charge is 2.24. The molecule has 0 amide bonds. The van der Waals surface area contributed by atoms with Gasteiger partial charge in [0, 0.05) is 35.4 Å². The molecule has 2 rings (SSSR count). The second kappa shape index (κ2) is 6.24. The first-order valence-corrected chi connectivity index (χ1v) is 7.58. The van der Waals surface area contributed by atoms with Crippen LogP contribution < -0.4 is 0 Å². The largest absolute Gasteiger partial charge is 0.388 e. The molecule has 0 aliphatic rings. The zero-order chi connectivity index (χ0) is 14.9. The summed E-state index contributed by atoms with van der Waals surface area (Å²) in [6.45, 7) is 4.07. The van der Waals surface area contributed by atoms with Gasteiger partial charge in [0.25, 0.3) is 0 Å². The predicted octanol–water partition coefficient (Wildman–Crippen LogP) is 3.63. The molecule has 0 aliphatic carbocycles. The molecule has 6 heteroatoms. The summed E-state index contributed by atoms with van der Waals surface area (Å²) in [5, 5.41) is 15.3. The van der Waals surface area contributed by atoms with Crippen molar-refractivity contribution >= 4 is 27.5 Å². The quantitative estimate of drug-likeness (QED) is 0.908. The first kappa shape index (κ1) is 15.5. The lowest BCUT2D eigenvalue weighted by Crippen LogP contribution is -2.06. The van der Waals surface area contributed by atoms with Gasteiger partial charge in [-0.25, -0.2) is 0 Å². The van der Waals surface area contributed by atoms with Crippen LogP contribution in [0.3, 0.4) is 0 Å². The summed E-state index contributed by atoms with van der Waals surface area (Å²) >= 11 is 9.60. The number of pyridine rings is 1. The Bertz CT molecular complexity index is 595. The lowest BCUT2D eigenvalue weighted by atomic mass is 9.99. The zero-order valence-corrected chi connectivity index (χ0v) is 14.0. The van der Waals surface area contributed by atoms with Gasteiger partial charge in [-0.1, -0.05) is 25.4 Å². The van der Waals surface area contributed by atoms with Gasteiger partial charge in [-0.05, 0) is 34.0 Å². The summed E-state index contributed by atoms with van der Waals surface area (Å²) in [7, 11) is 1.78. The van der Waals surface area contributed by atoms with Gasteiger partial charge >= 0.3 is 0 Å². The van der Waals surface area contributed by atoms with Crippen LogP contribution in [0.15, 0.2) is 22.8 Å². The molecule has 1 N–H and O–H groups in total. The number of aromatic nitrogens is 3. The summed E-state index contributed by atoms with van der Waals surface area (Å²) < 4.78 is 2.52. The van der Waals surface area contributed by atoms with Gasteiger partial charge in [-0.3, -0.25) is 9.67 Å². The molecule has 0 aliphatic heterocycles. The summed E-state index contributed by atoms with van der Waals surface area (Å²) in [4.78, 5) is 4.28. The van der Waals surface area contributed by atoms with Crippen LogP contribution in [0.4, 0.5) is 0 Å². The number of hydrogen-bond donors (Lipinski definition) is 1. The number of aryl methyl sites for hydroxylation is 1. The predicted molar refractivity (Wildman–Crippen MR) is 82.9 cm³/mol. The SMILES string of the molecule is CC(C)c1nn(C)c(Cl)c1C(O)Cc1ccc(Br)cn1. The van der Waals surface area contributed by atoms with Crippen LogP contribution in [0.25, 0.3) is 0 Å². The van der Waals surface area contributed by atoms with Crippen molar-refractivity contribution in [1.29, 1.82) is 0 Å². The van der Waals surface area contributed by atoms with Crippen molar-refractivity contribution in [3.63, 3.8) is 0 Å². The van der Waals surface area contributed by atoms with Crippen LogP contribution >= 0.6 is 27.5 Å². The van der Waals surface area contributed by atoms with Gasteiger partial charge in [-0.15, -0.1) is 0 Å². The highest BCUT2D eigenvalue weighted by molar-refractivity contribution is 9.10. The van der Waals surface area contributed by atoms with E-state index in [0.717, 1.165) is 15.9 Å². The third kappa shape index (κ3) is 3.22. The Labute approximate surface area is 131 Å². The maximum absolute atomic E-state index is 10.5. The fourth-order valence-corrected chi connectivity index (χ4v) is 2.60. The molecule has 0 saturated carbocycles. The Balaban J connectivity index is 2.29. The maximum Gasteiger partial charge on any atom is 0.132 e. The molecule has 2 aromatic heterocycles. The minimum atomic E-state index is -0.706. The highest BCUT2D eigenvalue weighted by Crippen LogP contribution is 2.32. The van der Waals surface area contributed by atoms with Gasteiger partial charge in [0.05, 0.1) is 11.8 Å². The van der Waals surface area contributed by atoms with Crippen molar-refractivity contribution in [1.82, 2.24) is 14.8 Å². The lowest BCUT2D eigenvalue weighted by molar-refractivity contribution is 0.176. The third-order valence-electron chi connectivity index (χ3n) is 3.11. The van der Waals surface area contributed by atoms with Crippen LogP contribution in [0.1, 0.15) is 42.8 Å². The summed E-state index contributed by atoms with van der Waals surface area (Å²) in [6.07, 6.45) is 1.43. The number of nitrogens with zero attached hydrogens (tertiary/aromatic N) is 3. The molecule has 0 fully saturated rings. The molecular weight excluding hydrogens is 342 g/mol. The van der Waals surface area contributed by atoms with Crippen LogP contribution in [0, 0.1) is 0 Å². The van der Waals surface area contributed by atoms with E-state index in [2.05, 4.69) is 26.0 Å². The molecule has 0 radical (unpaired) electrons. The number of aliphatic hydroxyl groups is 1. The number of rotatable bonds is 4. The van der Waals surface area contributed by atoms with Crippen molar-refractivity contribution in [2.75, 3.05) is 0 Å². The van der Waals surface area contributed by atoms with Crippen LogP contribution in [0.2, 0.25) is 5.15 Å². The lowest BCUT2D eigenvalue weighted by Gasteiger charge is -2.13. The van der Waals surface area contributed by atoms with Gasteiger partial charge in [0.1, 0.15) is 5.15 Å². The van der Waals surface area contributed by atoms with Crippen molar-refractivity contribution < 1.29 is 5.11 Å². The highest BCUT2D eigenvalue weighted by atomic mass is 79.9. The van der Waals surface area contributed by atoms with Crippen LogP contribution in [-0.4, -0.2) is 19.9 Å². The van der Waals surface area contributed by atoms with Crippen molar-refractivity contribution in [2.45, 2.75) is 32.3 Å². The molecule has 0 spiro atoms. The van der Waals surface area contributed by atoms with Crippen molar-refractivity contribution in [3.8, 4) is 0 Å². The van der Waals surface area contributed by atoms with E-state index in [1.807, 2.05) is 26.0 Å². The van der Waals surface area contributed by atoms with Crippen LogP contribution in [0.5, 0.6) is 0 Å². The number of hydrogen-bond acceptors (Lipinski definition) is 3. The van der Waals surface area contributed by atoms with Crippen LogP contribution in [-0.2, 0) is 13.5 Å². The molecule has 0 aromatic carbocycles. The second-order valence-corrected chi connectivity index (χ2v) is 6.33. The topological polar surface area (TPSA) is 50.9 Å². The van der Waals surface area contributed by atoms with E-state index in [1.54, 1.807) is 17.9 Å². The average Bonchev–Trinajstić information content (AvgIpc) is 2.69. The Morgan fingerprint density at radius 1 is 1.40 bits per heavy atom. The molecule has 1 atom stereocenters. The van der Waals surface area contributed by atoms with E-state index in [4.69, 9.17) is 11.6 Å². The summed E-state index contributed by atoms with van der Waals surface area (Å²) in [6, 6.07) is 3.79. The van der Waals surface area contributed by atoms with E-state index in [1.165, 1.54) is 0 Å². The zero-order valence-electron chi connectivity index (χ0n) is 11.6. The van der Waals surface area contributed by atoms with Gasteiger partial charge in [-0.2, -0.15) is 5.10 Å². The second-order valence-electron chi connectivity index (χ2n) is 5.06. The van der Waals surface area contributed by atoms with Crippen molar-refractivity contribution in [2.24, 2.45) is 7.05 Å². The normalized spacial score (nSPS) is 12.9. The molecule has 2 aromatic rings. The van der Waals surface area contributed by atoms with Gasteiger partial charge < -0.3 is 5.11 Å². The van der Waals surface area contributed by atoms with E-state index in [0.29, 0.717) is 17.1 Å². The van der Waals surface area contributed by atoms with E-state index in [-0.39, 0.29) is 5.92 Å². The smallest absolute Gasteiger partial charge is 0.132 e. The fourth-order valence-electron chi connectivity index (χ4n) is 2.10. The fraction of sp³-hybridized carbons (Fsp3) is 0.429. The number of halogens is 2. The van der Waals surface area contributed by atoms with Gasteiger partial charge in [0.15, 0.2) is 0 Å². The molecule has 108 valence electrons. The average molecular weight is 359 g/mol. The first-order valence-electron chi connectivity index (χ1n) is 6.41. The van der Waals surface area contributed by atoms with E-state index in [9.17, 15) is 5.11 Å². The Kier molecular flexibility index (Phi) is 4.83. The van der Waals surface area contributed by atoms with Crippen molar-refractivity contribution in [3.05, 3.63) is 44.9 Å². The van der Waals surface area contributed by atoms with Gasteiger partial charge in [0.2, 0.25) is 0 Å². The molecular formula is C14H17BrClN3O. The van der Waals surface area contributed by atoms with E-state index >= 15 is 0 Å². The minimum Gasteiger partial charge on any atom is -0.388 e. The third-order valence-corrected chi connectivity index (χ3v) is 4.03. The molecule has 0 bridgehead atoms. The first-order chi connectivity index (χ1) is 9.40. The summed E-state index contributed by atoms with van der Waals surface area (Å²) in [5.41, 5.74) is 2.35. The summed E-state index contributed by atoms with van der Waals surface area (Å²) in [5.74, 6) is 0.205. The molecule has 0 saturated heterocycles. The standard InChI is InChI=1S/C14H17BrClN3O/c1-8(2)13-12(14(16)19(3)18-13)11(20)6-10-5-4-9(15)7-17-10/h4-5,7-8,11,20H,6H2,1-3H3. The molecule has 4 nitrogen and oxygen atoms in total. The Morgan fingerprint density at radius 3 is 2.65 bits per heavy atom. The maximum atomic E-state index is 10.5. The molecule has 2 heterocycles. The monoisotopic (exact) mass is 357 g/mol. The Morgan fingerprint density at radius 2 is 2.10 bits per heavy atom. The molecule has 20 heavy (non-hydrogen) atoms. The van der Waals surface area contributed by atoms with E-state index < -0.39 is 6.10 Å². The molecule has 1 unspecified atom stereocenters. The Hall–Kier alpha value is -0.910.